The maximum atomic E-state index is 13.5. The van der Waals surface area contributed by atoms with Crippen LogP contribution in [-0.2, 0) is 19.9 Å². The number of carbonyl (C=O) groups is 1. The van der Waals surface area contributed by atoms with E-state index in [1.54, 1.807) is 0 Å². The lowest BCUT2D eigenvalue weighted by molar-refractivity contribution is 0.0984. The molecule has 1 saturated heterocycles. The molecule has 2 aromatic heterocycles. The number of halogens is 2. The first-order valence-corrected chi connectivity index (χ1v) is 13.1. The third-order valence-electron chi connectivity index (χ3n) is 7.06. The molecule has 0 radical (unpaired) electrons. The maximum Gasteiger partial charge on any atom is 0.270 e. The van der Waals surface area contributed by atoms with E-state index >= 15 is 0 Å². The third-order valence-corrected chi connectivity index (χ3v) is 8.45. The molecule has 0 spiro atoms. The summed E-state index contributed by atoms with van der Waals surface area (Å²) in [6.07, 6.45) is 6.73. The fraction of sp³-hybridized carbons (Fsp3) is 0.333. The molecule has 0 unspecified atom stereocenters. The molecule has 4 heterocycles. The maximum absolute atomic E-state index is 13.5. The SMILES string of the molecule is Cl.Cn1cc(CCN2CCCC2)c2ccc(N3CCc4nc(-c5ccc(Cl)cc5)sc4C3=O)cc21. The van der Waals surface area contributed by atoms with Crippen molar-refractivity contribution in [3.63, 3.8) is 0 Å². The van der Waals surface area contributed by atoms with Gasteiger partial charge in [0.2, 0.25) is 0 Å². The second-order valence-corrected chi connectivity index (χ2v) is 10.7. The summed E-state index contributed by atoms with van der Waals surface area (Å²) in [5, 5.41) is 2.86. The molecule has 8 heteroatoms. The molecule has 0 atom stereocenters. The molecule has 2 aromatic carbocycles. The molecule has 4 aromatic rings. The van der Waals surface area contributed by atoms with Crippen molar-refractivity contribution in [1.82, 2.24) is 14.5 Å². The standard InChI is InChI=1S/C27H27ClN4OS.ClH/c1-30-17-19(10-14-31-12-2-3-13-31)22-9-8-21(16-24(22)30)32-15-11-23-25(27(32)33)34-26(29-23)18-4-6-20(28)7-5-18;/h4-9,16-17H,2-3,10-15H2,1H3;1H. The Morgan fingerprint density at radius 1 is 1.06 bits per heavy atom. The Kier molecular flexibility index (Phi) is 6.91. The van der Waals surface area contributed by atoms with Gasteiger partial charge in [-0.05, 0) is 62.2 Å². The molecule has 35 heavy (non-hydrogen) atoms. The van der Waals surface area contributed by atoms with Gasteiger partial charge in [0.1, 0.15) is 9.88 Å². The normalized spacial score (nSPS) is 16.1. The van der Waals surface area contributed by atoms with Gasteiger partial charge in [0.15, 0.2) is 0 Å². The number of thiazole rings is 1. The van der Waals surface area contributed by atoms with E-state index in [0.29, 0.717) is 11.6 Å². The first-order valence-electron chi connectivity index (χ1n) is 11.9. The number of anilines is 1. The lowest BCUT2D eigenvalue weighted by Gasteiger charge is -2.26. The second kappa shape index (κ2) is 9.94. The Hall–Kier alpha value is -2.38. The minimum Gasteiger partial charge on any atom is -0.350 e. The fourth-order valence-electron chi connectivity index (χ4n) is 5.20. The number of rotatable bonds is 5. The van der Waals surface area contributed by atoms with Crippen LogP contribution in [0.4, 0.5) is 5.69 Å². The summed E-state index contributed by atoms with van der Waals surface area (Å²) < 4.78 is 2.20. The van der Waals surface area contributed by atoms with Crippen LogP contribution in [-0.4, -0.2) is 46.5 Å². The number of carbonyl (C=O) groups excluding carboxylic acids is 1. The summed E-state index contributed by atoms with van der Waals surface area (Å²) in [5.74, 6) is 0.0433. The number of nitrogens with zero attached hydrogens (tertiary/aromatic N) is 4. The van der Waals surface area contributed by atoms with Gasteiger partial charge in [-0.25, -0.2) is 4.98 Å². The molecule has 1 amide bonds. The van der Waals surface area contributed by atoms with Crippen LogP contribution in [0, 0.1) is 0 Å². The molecule has 2 aliphatic heterocycles. The van der Waals surface area contributed by atoms with E-state index < -0.39 is 0 Å². The highest BCUT2D eigenvalue weighted by Gasteiger charge is 2.30. The number of fused-ring (bicyclic) bond motifs is 2. The lowest BCUT2D eigenvalue weighted by Crippen LogP contribution is -2.36. The fourth-order valence-corrected chi connectivity index (χ4v) is 6.39. The average Bonchev–Trinajstić information content (AvgIpc) is 3.58. The van der Waals surface area contributed by atoms with Crippen LogP contribution >= 0.6 is 35.3 Å². The predicted molar refractivity (Wildman–Crippen MR) is 147 cm³/mol. The van der Waals surface area contributed by atoms with Gasteiger partial charge in [-0.2, -0.15) is 0 Å². The number of amides is 1. The largest absolute Gasteiger partial charge is 0.350 e. The van der Waals surface area contributed by atoms with Crippen LogP contribution in [0.1, 0.15) is 33.8 Å². The monoisotopic (exact) mass is 526 g/mol. The summed E-state index contributed by atoms with van der Waals surface area (Å²) in [6, 6.07) is 14.1. The Balaban J connectivity index is 0.00000253. The molecule has 2 aliphatic rings. The van der Waals surface area contributed by atoms with Crippen molar-refractivity contribution in [3.8, 4) is 10.6 Å². The molecular formula is C27H28Cl2N4OS. The summed E-state index contributed by atoms with van der Waals surface area (Å²) >= 11 is 7.50. The molecule has 0 saturated carbocycles. The highest BCUT2D eigenvalue weighted by atomic mass is 35.5. The molecule has 1 fully saturated rings. The molecular weight excluding hydrogens is 499 g/mol. The van der Waals surface area contributed by atoms with Crippen LogP contribution in [0.3, 0.4) is 0 Å². The average molecular weight is 528 g/mol. The smallest absolute Gasteiger partial charge is 0.270 e. The highest BCUT2D eigenvalue weighted by Crippen LogP contribution is 2.35. The summed E-state index contributed by atoms with van der Waals surface area (Å²) in [7, 11) is 2.10. The zero-order valence-corrected chi connectivity index (χ0v) is 22.1. The molecule has 5 nitrogen and oxygen atoms in total. The molecule has 182 valence electrons. The van der Waals surface area contributed by atoms with Crippen molar-refractivity contribution in [3.05, 3.63) is 69.8 Å². The van der Waals surface area contributed by atoms with E-state index in [2.05, 4.69) is 40.9 Å². The topological polar surface area (TPSA) is 41.4 Å². The Bertz CT molecular complexity index is 1370. The van der Waals surface area contributed by atoms with Crippen LogP contribution in [0.2, 0.25) is 5.02 Å². The van der Waals surface area contributed by atoms with Crippen molar-refractivity contribution in [2.24, 2.45) is 7.05 Å². The Morgan fingerprint density at radius 2 is 1.83 bits per heavy atom. The number of benzene rings is 2. The highest BCUT2D eigenvalue weighted by molar-refractivity contribution is 7.17. The van der Waals surface area contributed by atoms with E-state index in [0.717, 1.165) is 46.2 Å². The van der Waals surface area contributed by atoms with Gasteiger partial charge in [0.05, 0.1) is 11.2 Å². The number of hydrogen-bond acceptors (Lipinski definition) is 4. The van der Waals surface area contributed by atoms with Crippen LogP contribution in [0.5, 0.6) is 0 Å². The van der Waals surface area contributed by atoms with Crippen LogP contribution in [0.15, 0.2) is 48.7 Å². The summed E-state index contributed by atoms with van der Waals surface area (Å²) in [6.45, 7) is 4.22. The third kappa shape index (κ3) is 4.60. The zero-order chi connectivity index (χ0) is 23.2. The zero-order valence-electron chi connectivity index (χ0n) is 19.7. The number of aromatic nitrogens is 2. The van der Waals surface area contributed by atoms with E-state index in [9.17, 15) is 4.79 Å². The van der Waals surface area contributed by atoms with Crippen molar-refractivity contribution in [2.45, 2.75) is 25.7 Å². The first kappa shape index (κ1) is 24.3. The van der Waals surface area contributed by atoms with Crippen LogP contribution < -0.4 is 4.90 Å². The quantitative estimate of drug-likeness (QED) is 0.310. The van der Waals surface area contributed by atoms with Gasteiger partial charge in [-0.1, -0.05) is 29.8 Å². The van der Waals surface area contributed by atoms with E-state index in [-0.39, 0.29) is 18.3 Å². The van der Waals surface area contributed by atoms with Crippen molar-refractivity contribution in [1.29, 1.82) is 0 Å². The van der Waals surface area contributed by atoms with Crippen molar-refractivity contribution < 1.29 is 4.79 Å². The lowest BCUT2D eigenvalue weighted by atomic mass is 10.1. The Morgan fingerprint density at radius 3 is 2.60 bits per heavy atom. The van der Waals surface area contributed by atoms with E-state index in [4.69, 9.17) is 16.6 Å². The molecule has 0 aliphatic carbocycles. The van der Waals surface area contributed by atoms with Gasteiger partial charge < -0.3 is 14.4 Å². The second-order valence-electron chi connectivity index (χ2n) is 9.27. The summed E-state index contributed by atoms with van der Waals surface area (Å²) in [5.41, 5.74) is 5.42. The van der Waals surface area contributed by atoms with Crippen molar-refractivity contribution in [2.75, 3.05) is 31.1 Å². The number of likely N-dealkylation sites (tertiary alicyclic amines) is 1. The van der Waals surface area contributed by atoms with Gasteiger partial charge >= 0.3 is 0 Å². The van der Waals surface area contributed by atoms with Gasteiger partial charge in [0.25, 0.3) is 5.91 Å². The van der Waals surface area contributed by atoms with Crippen molar-refractivity contribution >= 4 is 57.8 Å². The minimum atomic E-state index is 0. The van der Waals surface area contributed by atoms with Gasteiger partial charge in [-0.3, -0.25) is 4.79 Å². The Labute approximate surface area is 220 Å². The molecule has 0 N–H and O–H groups in total. The molecule has 6 rings (SSSR count). The van der Waals surface area contributed by atoms with Gasteiger partial charge in [-0.15, -0.1) is 23.7 Å². The van der Waals surface area contributed by atoms with Crippen LogP contribution in [0.25, 0.3) is 21.5 Å². The number of aryl methyl sites for hydroxylation is 1. The summed E-state index contributed by atoms with van der Waals surface area (Å²) in [4.78, 5) is 23.4. The molecule has 0 bridgehead atoms. The minimum absolute atomic E-state index is 0. The first-order chi connectivity index (χ1) is 16.6. The van der Waals surface area contributed by atoms with Gasteiger partial charge in [0, 0.05) is 54.4 Å². The predicted octanol–water partition coefficient (Wildman–Crippen LogP) is 6.22. The van der Waals surface area contributed by atoms with E-state index in [1.807, 2.05) is 29.2 Å². The number of hydrogen-bond donors (Lipinski definition) is 0. The van der Waals surface area contributed by atoms with E-state index in [1.165, 1.54) is 53.7 Å².